The van der Waals surface area contributed by atoms with Gasteiger partial charge in [-0.25, -0.2) is 4.39 Å². The number of carbonyl (C=O) groups excluding carboxylic acids is 1. The molecule has 0 saturated carbocycles. The molecule has 0 unspecified atom stereocenters. The van der Waals surface area contributed by atoms with Crippen molar-refractivity contribution in [1.29, 1.82) is 0 Å². The lowest BCUT2D eigenvalue weighted by molar-refractivity contribution is -0.133. The molecule has 6 heteroatoms. The summed E-state index contributed by atoms with van der Waals surface area (Å²) in [5.74, 6) is 0.247. The highest BCUT2D eigenvalue weighted by molar-refractivity contribution is 5.76. The molecule has 1 aromatic heterocycles. The molecule has 0 bridgehead atoms. The van der Waals surface area contributed by atoms with E-state index in [1.807, 2.05) is 11.0 Å². The molecule has 0 aliphatic carbocycles. The van der Waals surface area contributed by atoms with Gasteiger partial charge in [0.25, 0.3) is 5.56 Å². The number of piperidine rings is 1. The van der Waals surface area contributed by atoms with Gasteiger partial charge in [-0.15, -0.1) is 0 Å². The van der Waals surface area contributed by atoms with Crippen molar-refractivity contribution in [3.8, 4) is 0 Å². The SMILES string of the molecule is CC1(C)C[C@@H]2CN(C(=O)CCn3ccccc3=O)CC[C@@H]2N1c1cccc(F)c1. The van der Waals surface area contributed by atoms with E-state index in [0.717, 1.165) is 25.1 Å². The fourth-order valence-electron chi connectivity index (χ4n) is 5.16. The molecule has 1 aromatic carbocycles. The first-order valence-electron chi connectivity index (χ1n) is 10.3. The van der Waals surface area contributed by atoms with Crippen molar-refractivity contribution in [3.05, 3.63) is 64.8 Å². The summed E-state index contributed by atoms with van der Waals surface area (Å²) in [4.78, 5) is 28.9. The minimum absolute atomic E-state index is 0.0812. The van der Waals surface area contributed by atoms with Gasteiger partial charge < -0.3 is 14.4 Å². The second-order valence-electron chi connectivity index (χ2n) is 8.80. The van der Waals surface area contributed by atoms with Crippen LogP contribution in [0.2, 0.25) is 0 Å². The molecular formula is C23H28FN3O2. The Balaban J connectivity index is 1.43. The highest BCUT2D eigenvalue weighted by Crippen LogP contribution is 2.44. The van der Waals surface area contributed by atoms with Gasteiger partial charge in [-0.2, -0.15) is 0 Å². The predicted molar refractivity (Wildman–Crippen MR) is 111 cm³/mol. The second kappa shape index (κ2) is 7.65. The minimum atomic E-state index is -0.217. The van der Waals surface area contributed by atoms with Crippen LogP contribution in [-0.4, -0.2) is 40.0 Å². The lowest BCUT2D eigenvalue weighted by atomic mass is 9.89. The van der Waals surface area contributed by atoms with Gasteiger partial charge in [-0.05, 0) is 56.9 Å². The molecule has 2 aliphatic heterocycles. The Morgan fingerprint density at radius 1 is 1.21 bits per heavy atom. The lowest BCUT2D eigenvalue weighted by Gasteiger charge is -2.42. The van der Waals surface area contributed by atoms with Gasteiger partial charge in [-0.1, -0.05) is 12.1 Å². The van der Waals surface area contributed by atoms with E-state index in [1.54, 1.807) is 35.0 Å². The van der Waals surface area contributed by atoms with Crippen molar-refractivity contribution in [2.45, 2.75) is 51.2 Å². The number of aryl methyl sites for hydroxylation is 1. The third kappa shape index (κ3) is 3.93. The van der Waals surface area contributed by atoms with Gasteiger partial charge in [0.05, 0.1) is 0 Å². The predicted octanol–water partition coefficient (Wildman–Crippen LogP) is 3.28. The quantitative estimate of drug-likeness (QED) is 0.795. The highest BCUT2D eigenvalue weighted by atomic mass is 19.1. The zero-order valence-electron chi connectivity index (χ0n) is 17.1. The standard InChI is InChI=1S/C23H28FN3O2/c1-23(2)15-17-16-26(22(29)10-13-25-11-4-3-8-21(25)28)12-9-20(17)27(23)19-7-5-6-18(24)14-19/h3-8,11,14,17,20H,9-10,12-13,15-16H2,1-2H3/t17-,20+/m1/s1. The summed E-state index contributed by atoms with van der Waals surface area (Å²) in [7, 11) is 0. The summed E-state index contributed by atoms with van der Waals surface area (Å²) in [6.45, 7) is 6.23. The molecule has 2 aliphatic rings. The Morgan fingerprint density at radius 3 is 2.79 bits per heavy atom. The van der Waals surface area contributed by atoms with Crippen LogP contribution < -0.4 is 10.5 Å². The number of rotatable bonds is 4. The van der Waals surface area contributed by atoms with Crippen molar-refractivity contribution in [3.63, 3.8) is 0 Å². The molecule has 0 radical (unpaired) electrons. The normalized spacial score (nSPS) is 23.1. The number of benzene rings is 1. The number of hydrogen-bond donors (Lipinski definition) is 0. The number of fused-ring (bicyclic) bond motifs is 1. The lowest BCUT2D eigenvalue weighted by Crippen LogP contribution is -2.50. The molecule has 2 aromatic rings. The maximum Gasteiger partial charge on any atom is 0.250 e. The van der Waals surface area contributed by atoms with Gasteiger partial charge in [0.1, 0.15) is 5.82 Å². The molecule has 154 valence electrons. The molecule has 2 fully saturated rings. The van der Waals surface area contributed by atoms with E-state index in [9.17, 15) is 14.0 Å². The minimum Gasteiger partial charge on any atom is -0.363 e. The molecule has 0 spiro atoms. The summed E-state index contributed by atoms with van der Waals surface area (Å²) in [6, 6.07) is 12.2. The monoisotopic (exact) mass is 397 g/mol. The first-order valence-corrected chi connectivity index (χ1v) is 10.3. The molecule has 4 rings (SSSR count). The maximum atomic E-state index is 13.8. The number of anilines is 1. The average molecular weight is 397 g/mol. The number of carbonyl (C=O) groups is 1. The number of pyridine rings is 1. The number of halogens is 1. The van der Waals surface area contributed by atoms with Crippen LogP contribution in [0.25, 0.3) is 0 Å². The van der Waals surface area contributed by atoms with Crippen LogP contribution in [0.5, 0.6) is 0 Å². The van der Waals surface area contributed by atoms with Crippen LogP contribution in [0, 0.1) is 11.7 Å². The van der Waals surface area contributed by atoms with E-state index in [1.165, 1.54) is 12.1 Å². The molecule has 3 heterocycles. The smallest absolute Gasteiger partial charge is 0.250 e. The van der Waals surface area contributed by atoms with Crippen molar-refractivity contribution >= 4 is 11.6 Å². The molecule has 2 atom stereocenters. The van der Waals surface area contributed by atoms with Crippen LogP contribution in [-0.2, 0) is 11.3 Å². The molecule has 2 saturated heterocycles. The van der Waals surface area contributed by atoms with Gasteiger partial charge in [0.2, 0.25) is 5.91 Å². The average Bonchev–Trinajstić information content (AvgIpc) is 2.95. The molecule has 5 nitrogen and oxygen atoms in total. The summed E-state index contributed by atoms with van der Waals surface area (Å²) in [5, 5.41) is 0. The van der Waals surface area contributed by atoms with E-state index >= 15 is 0 Å². The number of likely N-dealkylation sites (tertiary alicyclic amines) is 1. The zero-order valence-corrected chi connectivity index (χ0v) is 17.1. The van der Waals surface area contributed by atoms with Crippen LogP contribution in [0.15, 0.2) is 53.5 Å². The van der Waals surface area contributed by atoms with Gasteiger partial charge in [-0.3, -0.25) is 9.59 Å². The first-order chi connectivity index (χ1) is 13.8. The summed E-state index contributed by atoms with van der Waals surface area (Å²) >= 11 is 0. The molecule has 1 amide bonds. The third-order valence-corrected chi connectivity index (χ3v) is 6.34. The Labute approximate surface area is 170 Å². The van der Waals surface area contributed by atoms with E-state index in [-0.39, 0.29) is 22.8 Å². The summed E-state index contributed by atoms with van der Waals surface area (Å²) in [6.07, 6.45) is 3.90. The molecule has 0 N–H and O–H groups in total. The van der Waals surface area contributed by atoms with E-state index in [4.69, 9.17) is 0 Å². The summed E-state index contributed by atoms with van der Waals surface area (Å²) in [5.41, 5.74) is 0.757. The van der Waals surface area contributed by atoms with Crippen LogP contribution >= 0.6 is 0 Å². The van der Waals surface area contributed by atoms with E-state index in [2.05, 4.69) is 18.7 Å². The Kier molecular flexibility index (Phi) is 5.19. The van der Waals surface area contributed by atoms with E-state index < -0.39 is 0 Å². The first kappa shape index (κ1) is 19.7. The van der Waals surface area contributed by atoms with Gasteiger partial charge >= 0.3 is 0 Å². The largest absolute Gasteiger partial charge is 0.363 e. The maximum absolute atomic E-state index is 13.8. The van der Waals surface area contributed by atoms with Crippen LogP contribution in [0.4, 0.5) is 10.1 Å². The second-order valence-corrected chi connectivity index (χ2v) is 8.80. The van der Waals surface area contributed by atoms with Crippen molar-refractivity contribution in [1.82, 2.24) is 9.47 Å². The summed E-state index contributed by atoms with van der Waals surface area (Å²) < 4.78 is 15.4. The number of aromatic nitrogens is 1. The number of hydrogen-bond acceptors (Lipinski definition) is 3. The topological polar surface area (TPSA) is 45.6 Å². The Hall–Kier alpha value is -2.63. The fraction of sp³-hybridized carbons (Fsp3) is 0.478. The van der Waals surface area contributed by atoms with Crippen LogP contribution in [0.3, 0.4) is 0 Å². The van der Waals surface area contributed by atoms with E-state index in [0.29, 0.717) is 31.5 Å². The fourth-order valence-corrected chi connectivity index (χ4v) is 5.16. The van der Waals surface area contributed by atoms with Crippen LogP contribution in [0.1, 0.15) is 33.1 Å². The van der Waals surface area contributed by atoms with Crippen molar-refractivity contribution < 1.29 is 9.18 Å². The van der Waals surface area contributed by atoms with Gasteiger partial charge in [0, 0.05) is 55.6 Å². The number of nitrogens with zero attached hydrogens (tertiary/aromatic N) is 3. The molecule has 29 heavy (non-hydrogen) atoms. The highest BCUT2D eigenvalue weighted by Gasteiger charge is 2.48. The zero-order chi connectivity index (χ0) is 20.6. The molecular weight excluding hydrogens is 369 g/mol. The Bertz CT molecular complexity index is 955. The third-order valence-electron chi connectivity index (χ3n) is 6.34. The van der Waals surface area contributed by atoms with Crippen molar-refractivity contribution in [2.75, 3.05) is 18.0 Å². The Morgan fingerprint density at radius 2 is 2.03 bits per heavy atom. The van der Waals surface area contributed by atoms with Gasteiger partial charge in [0.15, 0.2) is 0 Å². The number of amides is 1. The van der Waals surface area contributed by atoms with Crippen molar-refractivity contribution in [2.24, 2.45) is 5.92 Å².